The lowest BCUT2D eigenvalue weighted by Crippen LogP contribution is -2.67. The van der Waals surface area contributed by atoms with E-state index in [1.54, 1.807) is 127 Å². The highest BCUT2D eigenvalue weighted by molar-refractivity contribution is 5.93. The molecule has 2 heterocycles. The summed E-state index contributed by atoms with van der Waals surface area (Å²) in [5.74, 6) is -7.80. The molecule has 418 valence electrons. The number of rotatable bonds is 19. The second-order valence-corrected chi connectivity index (χ2v) is 18.4. The minimum atomic E-state index is -2.14. The average molecular weight is 1110 g/mol. The monoisotopic (exact) mass is 1110 g/mol. The molecule has 0 aromatic heterocycles. The van der Waals surface area contributed by atoms with Crippen LogP contribution in [0.4, 0.5) is 0 Å². The molecule has 7 aromatic rings. The second-order valence-electron chi connectivity index (χ2n) is 18.4. The zero-order valence-corrected chi connectivity index (χ0v) is 43.7. The summed E-state index contributed by atoms with van der Waals surface area (Å²) in [5, 5.41) is 0. The van der Waals surface area contributed by atoms with Crippen LogP contribution in [0.2, 0.25) is 0 Å². The largest absolute Gasteiger partial charge is 0.459 e. The molecule has 7 aromatic carbocycles. The Labute approximate surface area is 469 Å². The third-order valence-electron chi connectivity index (χ3n) is 12.8. The van der Waals surface area contributed by atoms with Crippen LogP contribution in [0.5, 0.6) is 0 Å². The van der Waals surface area contributed by atoms with Crippen LogP contribution in [-0.4, -0.2) is 122 Å². The molecule has 10 atom stereocenters. The molecule has 2 saturated heterocycles. The Kier molecular flexibility index (Phi) is 19.0. The molecule has 2 aliphatic rings. The Morgan fingerprint density at radius 3 is 0.841 bits per heavy atom. The first-order valence-electron chi connectivity index (χ1n) is 25.8. The highest BCUT2D eigenvalue weighted by Gasteiger charge is 2.59. The Bertz CT molecular complexity index is 3300. The van der Waals surface area contributed by atoms with Gasteiger partial charge in [-0.15, -0.1) is 0 Å². The summed E-state index contributed by atoms with van der Waals surface area (Å²) in [7, 11) is 0. The van der Waals surface area contributed by atoms with E-state index in [4.69, 9.17) is 52.1 Å². The molecule has 9 rings (SSSR count). The van der Waals surface area contributed by atoms with Crippen molar-refractivity contribution < 1.29 is 90.5 Å². The van der Waals surface area contributed by atoms with Gasteiger partial charge in [-0.05, 0) is 84.9 Å². The van der Waals surface area contributed by atoms with Crippen LogP contribution >= 0.6 is 0 Å². The van der Waals surface area contributed by atoms with E-state index in [1.807, 2.05) is 0 Å². The van der Waals surface area contributed by atoms with Gasteiger partial charge < -0.3 is 52.1 Å². The van der Waals surface area contributed by atoms with Crippen LogP contribution in [-0.2, 0) is 56.9 Å². The minimum absolute atomic E-state index is 0.000984. The van der Waals surface area contributed by atoms with E-state index in [0.29, 0.717) is 0 Å². The van der Waals surface area contributed by atoms with Gasteiger partial charge in [0, 0.05) is 6.92 Å². The highest BCUT2D eigenvalue weighted by Crippen LogP contribution is 2.37. The molecule has 0 aliphatic carbocycles. The van der Waals surface area contributed by atoms with Gasteiger partial charge in [0.1, 0.15) is 31.5 Å². The average Bonchev–Trinajstić information content (AvgIpc) is 2.48. The predicted octanol–water partition coefficient (Wildman–Crippen LogP) is 8.23. The third kappa shape index (κ3) is 14.5. The van der Waals surface area contributed by atoms with E-state index in [9.17, 15) is 38.4 Å². The summed E-state index contributed by atoms with van der Waals surface area (Å²) >= 11 is 0. The Morgan fingerprint density at radius 2 is 0.537 bits per heavy atom. The van der Waals surface area contributed by atoms with Gasteiger partial charge in [0.25, 0.3) is 0 Å². The number of carbonyl (C=O) groups is 8. The molecule has 0 spiro atoms. The molecular weight excluding hydrogens is 1060 g/mol. The van der Waals surface area contributed by atoms with Crippen LogP contribution in [0.15, 0.2) is 212 Å². The number of carbonyl (C=O) groups excluding carboxylic acids is 8. The van der Waals surface area contributed by atoms with Crippen molar-refractivity contribution in [2.75, 3.05) is 13.2 Å². The van der Waals surface area contributed by atoms with Crippen molar-refractivity contribution in [1.82, 2.24) is 0 Å². The Balaban J connectivity index is 1.21. The van der Waals surface area contributed by atoms with E-state index < -0.39 is 122 Å². The normalized spacial score (nSPS) is 21.9. The predicted molar refractivity (Wildman–Crippen MR) is 286 cm³/mol. The lowest BCUT2D eigenvalue weighted by molar-refractivity contribution is -0.353. The number of esters is 8. The molecule has 0 saturated carbocycles. The quantitative estimate of drug-likeness (QED) is 0.0547. The minimum Gasteiger partial charge on any atom is -0.459 e. The molecule has 19 nitrogen and oxygen atoms in total. The first-order chi connectivity index (χ1) is 39.9. The van der Waals surface area contributed by atoms with Gasteiger partial charge in [0.2, 0.25) is 6.29 Å². The van der Waals surface area contributed by atoms with Gasteiger partial charge in [0.15, 0.2) is 36.8 Å². The zero-order chi connectivity index (χ0) is 57.4. The van der Waals surface area contributed by atoms with Crippen molar-refractivity contribution in [3.8, 4) is 0 Å². The maximum Gasteiger partial charge on any atom is 0.338 e. The molecule has 0 amide bonds. The first kappa shape index (κ1) is 56.9. The van der Waals surface area contributed by atoms with E-state index >= 15 is 0 Å². The molecule has 0 bridgehead atoms. The molecule has 2 fully saturated rings. The van der Waals surface area contributed by atoms with Crippen molar-refractivity contribution in [3.63, 3.8) is 0 Å². The fourth-order valence-corrected chi connectivity index (χ4v) is 8.83. The summed E-state index contributed by atoms with van der Waals surface area (Å²) < 4.78 is 68.6. The van der Waals surface area contributed by atoms with E-state index in [-0.39, 0.29) is 38.9 Å². The lowest BCUT2D eigenvalue weighted by atomic mass is 9.95. The smallest absolute Gasteiger partial charge is 0.338 e. The lowest BCUT2D eigenvalue weighted by Gasteiger charge is -2.48. The van der Waals surface area contributed by atoms with Crippen LogP contribution < -0.4 is 0 Å². The van der Waals surface area contributed by atoms with Gasteiger partial charge in [-0.2, -0.15) is 0 Å². The van der Waals surface area contributed by atoms with E-state index in [0.717, 1.165) is 6.92 Å². The summed E-state index contributed by atoms with van der Waals surface area (Å²) in [6, 6.07) is 53.9. The molecule has 2 aliphatic heterocycles. The number of benzene rings is 7. The summed E-state index contributed by atoms with van der Waals surface area (Å²) in [5.41, 5.74) is 0.191. The van der Waals surface area contributed by atoms with Crippen molar-refractivity contribution in [3.05, 3.63) is 251 Å². The van der Waals surface area contributed by atoms with Gasteiger partial charge in [-0.3, -0.25) is 4.79 Å². The van der Waals surface area contributed by atoms with Crippen LogP contribution in [0.1, 0.15) is 79.4 Å². The molecule has 19 heteroatoms. The summed E-state index contributed by atoms with van der Waals surface area (Å²) in [6.45, 7) is -0.490. The van der Waals surface area contributed by atoms with Gasteiger partial charge in [-0.1, -0.05) is 127 Å². The fraction of sp³-hybridized carbons (Fsp3) is 0.206. The maximum absolute atomic E-state index is 14.6. The first-order valence-corrected chi connectivity index (χ1v) is 25.8. The van der Waals surface area contributed by atoms with Crippen LogP contribution in [0.25, 0.3) is 0 Å². The van der Waals surface area contributed by atoms with Gasteiger partial charge in [-0.25, -0.2) is 33.6 Å². The topological polar surface area (TPSA) is 238 Å². The number of hydrogen-bond donors (Lipinski definition) is 0. The number of hydrogen-bond acceptors (Lipinski definition) is 19. The van der Waals surface area contributed by atoms with Crippen molar-refractivity contribution in [1.29, 1.82) is 0 Å². The van der Waals surface area contributed by atoms with Crippen molar-refractivity contribution >= 4 is 47.8 Å². The summed E-state index contributed by atoms with van der Waals surface area (Å²) in [4.78, 5) is 113. The Hall–Kier alpha value is -9.82. The summed E-state index contributed by atoms with van der Waals surface area (Å²) in [6.07, 6.45) is -19.2. The second kappa shape index (κ2) is 27.4. The van der Waals surface area contributed by atoms with Gasteiger partial charge >= 0.3 is 47.8 Å². The van der Waals surface area contributed by atoms with E-state index in [1.165, 1.54) is 84.9 Å². The van der Waals surface area contributed by atoms with Crippen molar-refractivity contribution in [2.24, 2.45) is 0 Å². The SMILES string of the molecule is CC(=O)O[C@@H]1O[C@H](COC(=O)c2ccccc2)[C@H](OC(=O)c2ccccc2)[C@H](O[C@@H]2O[C@H](COC(=O)c3ccccc3)[C@H](OC(=O)c3ccccc3)[C@H](OC(=O)c3ccccc3)[C@H]2OC(=O)c2ccccc2)[C@H]1OC(=O)c1ccccc1. The van der Waals surface area contributed by atoms with Gasteiger partial charge in [0.05, 0.1) is 38.9 Å². The molecule has 0 radical (unpaired) electrons. The number of ether oxygens (including phenoxy) is 11. The van der Waals surface area contributed by atoms with Crippen LogP contribution in [0, 0.1) is 0 Å². The standard InChI is InChI=1S/C63H52O19/c1-39(64)74-62-54(81-61(71)46-35-21-8-22-36-46)52(50(78-58(68)43-29-15-5-16-30-43)48(75-62)38-73-56(66)41-25-11-3-12-26-41)82-63-53(80-60(70)45-33-19-7-20-34-45)51(79-59(69)44-31-17-6-18-32-44)49(77-57(67)42-27-13-4-14-28-42)47(76-63)37-72-55(65)40-23-9-2-10-24-40/h2-36,47-54,62-63H,37-38H2,1H3/t47-,48-,49+,50+,51+,52+,53-,54-,62-,63+/m1/s1. The highest BCUT2D eigenvalue weighted by atomic mass is 16.8. The molecule has 0 unspecified atom stereocenters. The van der Waals surface area contributed by atoms with Crippen molar-refractivity contribution in [2.45, 2.75) is 68.3 Å². The molecule has 82 heavy (non-hydrogen) atoms. The van der Waals surface area contributed by atoms with E-state index in [2.05, 4.69) is 0 Å². The Morgan fingerprint density at radius 1 is 0.293 bits per heavy atom. The maximum atomic E-state index is 14.6. The zero-order valence-electron chi connectivity index (χ0n) is 43.7. The third-order valence-corrected chi connectivity index (χ3v) is 12.8. The molecular formula is C63H52O19. The fourth-order valence-electron chi connectivity index (χ4n) is 8.83. The molecule has 0 N–H and O–H groups in total. The van der Waals surface area contributed by atoms with Crippen LogP contribution in [0.3, 0.4) is 0 Å².